The van der Waals surface area contributed by atoms with E-state index in [1.807, 2.05) is 36.4 Å². The molecule has 192 valence electrons. The Balaban J connectivity index is 1.64. The van der Waals surface area contributed by atoms with E-state index in [1.165, 1.54) is 46.9 Å². The largest absolute Gasteiger partial charge is 0.493 e. The number of benzene rings is 3. The number of methoxy groups -OCH3 is 1. The monoisotopic (exact) mass is 510 g/mol. The molecule has 8 heteroatoms. The first-order valence-electron chi connectivity index (χ1n) is 12.3. The maximum absolute atomic E-state index is 12.2. The third-order valence-corrected chi connectivity index (χ3v) is 8.17. The zero-order chi connectivity index (χ0) is 25.7. The van der Waals surface area contributed by atoms with Crippen LogP contribution in [0.25, 0.3) is 21.9 Å². The molecule has 0 unspecified atom stereocenters. The molecule has 0 aliphatic heterocycles. The number of nitrogens with zero attached hydrogens (tertiary/aromatic N) is 1. The summed E-state index contributed by atoms with van der Waals surface area (Å²) in [6.45, 7) is 0.706. The Bertz CT molecular complexity index is 1330. The van der Waals surface area contributed by atoms with Crippen molar-refractivity contribution in [2.75, 3.05) is 32.5 Å². The third kappa shape index (κ3) is 6.36. The van der Waals surface area contributed by atoms with Gasteiger partial charge in [-0.3, -0.25) is 9.52 Å². The Morgan fingerprint density at radius 1 is 1.00 bits per heavy atom. The minimum absolute atomic E-state index is 0.232. The molecule has 3 aromatic carbocycles. The Kier molecular flexibility index (Phi) is 8.16. The maximum atomic E-state index is 12.2. The minimum Gasteiger partial charge on any atom is -0.493 e. The molecule has 0 heterocycles. The van der Waals surface area contributed by atoms with Crippen molar-refractivity contribution in [1.29, 1.82) is 0 Å². The molecule has 1 saturated carbocycles. The SMILES string of the molecule is COC(=O)CCc1ccc(OCC2CCCC2)c(-c2ccc3cc(NS(=O)(=O)N(C)C)ccc3c2)c1. The van der Waals surface area contributed by atoms with Crippen molar-refractivity contribution in [3.05, 3.63) is 60.2 Å². The molecule has 36 heavy (non-hydrogen) atoms. The van der Waals surface area contributed by atoms with Gasteiger partial charge in [-0.05, 0) is 77.4 Å². The number of anilines is 1. The highest BCUT2D eigenvalue weighted by molar-refractivity contribution is 7.90. The first-order chi connectivity index (χ1) is 17.2. The Morgan fingerprint density at radius 3 is 2.44 bits per heavy atom. The van der Waals surface area contributed by atoms with Crippen LogP contribution in [0.1, 0.15) is 37.7 Å². The van der Waals surface area contributed by atoms with Crippen molar-refractivity contribution >= 4 is 32.6 Å². The number of carbonyl (C=O) groups is 1. The number of ether oxygens (including phenoxy) is 2. The van der Waals surface area contributed by atoms with Gasteiger partial charge in [-0.2, -0.15) is 12.7 Å². The van der Waals surface area contributed by atoms with Crippen LogP contribution in [0.5, 0.6) is 5.75 Å². The highest BCUT2D eigenvalue weighted by atomic mass is 32.2. The molecule has 0 saturated heterocycles. The molecule has 0 radical (unpaired) electrons. The fourth-order valence-electron chi connectivity index (χ4n) is 4.53. The highest BCUT2D eigenvalue weighted by Crippen LogP contribution is 2.35. The first kappa shape index (κ1) is 26.0. The fourth-order valence-corrected chi connectivity index (χ4v) is 5.14. The fraction of sp³-hybridized carbons (Fsp3) is 0.393. The Morgan fingerprint density at radius 2 is 1.72 bits per heavy atom. The van der Waals surface area contributed by atoms with Crippen molar-refractivity contribution in [3.8, 4) is 16.9 Å². The van der Waals surface area contributed by atoms with Crippen LogP contribution < -0.4 is 9.46 Å². The van der Waals surface area contributed by atoms with Crippen molar-refractivity contribution < 1.29 is 22.7 Å². The number of esters is 1. The van der Waals surface area contributed by atoms with E-state index < -0.39 is 10.2 Å². The molecule has 3 aromatic rings. The summed E-state index contributed by atoms with van der Waals surface area (Å²) in [5.41, 5.74) is 3.53. The van der Waals surface area contributed by atoms with Crippen LogP contribution in [0.3, 0.4) is 0 Å². The Labute approximate surface area is 213 Å². The Hall–Kier alpha value is -3.10. The van der Waals surface area contributed by atoms with E-state index in [2.05, 4.69) is 16.9 Å². The summed E-state index contributed by atoms with van der Waals surface area (Å²) in [6.07, 6.45) is 5.87. The molecule has 0 aromatic heterocycles. The average Bonchev–Trinajstić information content (AvgIpc) is 3.39. The zero-order valence-electron chi connectivity index (χ0n) is 21.1. The van der Waals surface area contributed by atoms with Gasteiger partial charge in [0.25, 0.3) is 0 Å². The topological polar surface area (TPSA) is 84.9 Å². The number of aryl methyl sites for hydroxylation is 1. The molecule has 1 aliphatic carbocycles. The molecule has 4 rings (SSSR count). The highest BCUT2D eigenvalue weighted by Gasteiger charge is 2.18. The van der Waals surface area contributed by atoms with Gasteiger partial charge >= 0.3 is 16.2 Å². The number of hydrogen-bond acceptors (Lipinski definition) is 5. The van der Waals surface area contributed by atoms with Crippen molar-refractivity contribution in [3.63, 3.8) is 0 Å². The lowest BCUT2D eigenvalue weighted by atomic mass is 9.97. The summed E-state index contributed by atoms with van der Waals surface area (Å²) < 4.78 is 39.2. The van der Waals surface area contributed by atoms with E-state index >= 15 is 0 Å². The lowest BCUT2D eigenvalue weighted by Crippen LogP contribution is -2.28. The number of rotatable bonds is 10. The van der Waals surface area contributed by atoms with Gasteiger partial charge in [0, 0.05) is 26.1 Å². The summed E-state index contributed by atoms with van der Waals surface area (Å²) in [5.74, 6) is 1.20. The molecular weight excluding hydrogens is 476 g/mol. The van der Waals surface area contributed by atoms with E-state index in [0.29, 0.717) is 31.1 Å². The second-order valence-electron chi connectivity index (χ2n) is 9.53. The molecule has 0 atom stereocenters. The van der Waals surface area contributed by atoms with Crippen LogP contribution in [0.2, 0.25) is 0 Å². The smallest absolute Gasteiger partial charge is 0.305 e. The zero-order valence-corrected chi connectivity index (χ0v) is 21.9. The maximum Gasteiger partial charge on any atom is 0.305 e. The first-order valence-corrected chi connectivity index (χ1v) is 13.8. The van der Waals surface area contributed by atoms with Gasteiger partial charge in [0.15, 0.2) is 0 Å². The third-order valence-electron chi connectivity index (χ3n) is 6.72. The minimum atomic E-state index is -3.57. The number of fused-ring (bicyclic) bond motifs is 1. The lowest BCUT2D eigenvalue weighted by molar-refractivity contribution is -0.140. The summed E-state index contributed by atoms with van der Waals surface area (Å²) >= 11 is 0. The standard InChI is InChI=1S/C28H34N2O5S/c1-30(2)36(32,33)29-25-13-12-22-17-24(11-10-23(22)18-25)26-16-20(9-15-28(31)34-3)8-14-27(26)35-19-21-6-4-5-7-21/h8,10-14,16-18,21,29H,4-7,9,15,19H2,1-3H3. The predicted molar refractivity (Wildman–Crippen MR) is 143 cm³/mol. The second kappa shape index (κ2) is 11.3. The van der Waals surface area contributed by atoms with Crippen LogP contribution >= 0.6 is 0 Å². The van der Waals surface area contributed by atoms with Crippen molar-refractivity contribution in [1.82, 2.24) is 4.31 Å². The van der Waals surface area contributed by atoms with Crippen LogP contribution in [0.4, 0.5) is 5.69 Å². The lowest BCUT2D eigenvalue weighted by Gasteiger charge is -2.17. The van der Waals surface area contributed by atoms with E-state index in [-0.39, 0.29) is 5.97 Å². The van der Waals surface area contributed by atoms with Gasteiger partial charge in [-0.15, -0.1) is 0 Å². The van der Waals surface area contributed by atoms with Crippen LogP contribution in [0, 0.1) is 5.92 Å². The van der Waals surface area contributed by atoms with Gasteiger partial charge < -0.3 is 9.47 Å². The number of nitrogens with one attached hydrogen (secondary N) is 1. The van der Waals surface area contributed by atoms with Crippen LogP contribution in [-0.4, -0.2) is 46.5 Å². The number of carbonyl (C=O) groups excluding carboxylic acids is 1. The molecule has 1 N–H and O–H groups in total. The molecule has 1 fully saturated rings. The molecule has 0 spiro atoms. The summed E-state index contributed by atoms with van der Waals surface area (Å²) in [5, 5.41) is 1.91. The summed E-state index contributed by atoms with van der Waals surface area (Å²) in [7, 11) is 0.803. The van der Waals surface area contributed by atoms with E-state index in [4.69, 9.17) is 9.47 Å². The summed E-state index contributed by atoms with van der Waals surface area (Å²) in [4.78, 5) is 11.7. The average molecular weight is 511 g/mol. The molecule has 0 amide bonds. The quantitative estimate of drug-likeness (QED) is 0.369. The molecule has 1 aliphatic rings. The van der Waals surface area contributed by atoms with E-state index in [0.717, 1.165) is 37.5 Å². The van der Waals surface area contributed by atoms with Gasteiger partial charge in [0.2, 0.25) is 0 Å². The van der Waals surface area contributed by atoms with E-state index in [9.17, 15) is 13.2 Å². The molecule has 0 bridgehead atoms. The molecule has 7 nitrogen and oxygen atoms in total. The summed E-state index contributed by atoms with van der Waals surface area (Å²) in [6, 6.07) is 17.7. The normalized spacial score (nSPS) is 14.3. The molecular formula is C28H34N2O5S. The van der Waals surface area contributed by atoms with Crippen molar-refractivity contribution in [2.24, 2.45) is 5.92 Å². The van der Waals surface area contributed by atoms with Gasteiger partial charge in [0.1, 0.15) is 5.75 Å². The van der Waals surface area contributed by atoms with Gasteiger partial charge in [0.05, 0.1) is 19.4 Å². The van der Waals surface area contributed by atoms with Crippen molar-refractivity contribution in [2.45, 2.75) is 38.5 Å². The number of hydrogen-bond donors (Lipinski definition) is 1. The van der Waals surface area contributed by atoms with Crippen LogP contribution in [-0.2, 0) is 26.2 Å². The van der Waals surface area contributed by atoms with Gasteiger partial charge in [-0.1, -0.05) is 37.1 Å². The second-order valence-corrected chi connectivity index (χ2v) is 11.4. The van der Waals surface area contributed by atoms with Gasteiger partial charge in [-0.25, -0.2) is 0 Å². The predicted octanol–water partition coefficient (Wildman–Crippen LogP) is 5.40. The van der Waals surface area contributed by atoms with Crippen LogP contribution in [0.15, 0.2) is 54.6 Å². The van der Waals surface area contributed by atoms with E-state index in [1.54, 1.807) is 6.07 Å².